The normalized spacial score (nSPS) is 11.2. The summed E-state index contributed by atoms with van der Waals surface area (Å²) in [5, 5.41) is 7.40. The molecule has 0 unspecified atom stereocenters. The van der Waals surface area contributed by atoms with Crippen LogP contribution >= 0.6 is 11.3 Å². The van der Waals surface area contributed by atoms with Crippen LogP contribution in [-0.2, 0) is 11.3 Å². The SMILES string of the molecule is Cc1cc(NC(=O)CN(C)Cc2nc3ccccc3s2)on1. The van der Waals surface area contributed by atoms with Crippen LogP contribution in [0.4, 0.5) is 5.88 Å². The van der Waals surface area contributed by atoms with Gasteiger partial charge in [0.25, 0.3) is 0 Å². The molecule has 0 aliphatic rings. The van der Waals surface area contributed by atoms with E-state index in [-0.39, 0.29) is 12.5 Å². The fourth-order valence-electron chi connectivity index (χ4n) is 2.12. The molecule has 114 valence electrons. The minimum absolute atomic E-state index is 0.139. The van der Waals surface area contributed by atoms with E-state index in [0.29, 0.717) is 12.4 Å². The van der Waals surface area contributed by atoms with Crippen LogP contribution in [0.1, 0.15) is 10.7 Å². The van der Waals surface area contributed by atoms with E-state index in [2.05, 4.69) is 21.5 Å². The first kappa shape index (κ1) is 14.7. The van der Waals surface area contributed by atoms with Crippen molar-refractivity contribution in [1.82, 2.24) is 15.0 Å². The van der Waals surface area contributed by atoms with Crippen LogP contribution in [0.3, 0.4) is 0 Å². The zero-order valence-electron chi connectivity index (χ0n) is 12.4. The summed E-state index contributed by atoms with van der Waals surface area (Å²) in [5.74, 6) is 0.232. The summed E-state index contributed by atoms with van der Waals surface area (Å²) in [5.41, 5.74) is 1.73. The molecule has 3 rings (SSSR count). The van der Waals surface area contributed by atoms with Crippen LogP contribution < -0.4 is 5.32 Å². The molecule has 0 fully saturated rings. The first-order valence-corrected chi connectivity index (χ1v) is 7.68. The van der Waals surface area contributed by atoms with Gasteiger partial charge in [-0.3, -0.25) is 15.0 Å². The summed E-state index contributed by atoms with van der Waals surface area (Å²) in [6, 6.07) is 9.71. The molecule has 1 N–H and O–H groups in total. The van der Waals surface area contributed by atoms with Gasteiger partial charge in [-0.15, -0.1) is 11.3 Å². The van der Waals surface area contributed by atoms with Crippen molar-refractivity contribution in [2.75, 3.05) is 18.9 Å². The molecule has 0 saturated heterocycles. The largest absolute Gasteiger partial charge is 0.338 e. The lowest BCUT2D eigenvalue weighted by Crippen LogP contribution is -2.29. The number of aromatic nitrogens is 2. The van der Waals surface area contributed by atoms with Crippen molar-refractivity contribution in [3.05, 3.63) is 41.0 Å². The van der Waals surface area contributed by atoms with Crippen molar-refractivity contribution in [2.24, 2.45) is 0 Å². The predicted octanol–water partition coefficient (Wildman–Crippen LogP) is 2.66. The number of benzene rings is 1. The Bertz CT molecular complexity index is 763. The van der Waals surface area contributed by atoms with Crippen molar-refractivity contribution in [3.63, 3.8) is 0 Å². The monoisotopic (exact) mass is 316 g/mol. The number of nitrogens with zero attached hydrogens (tertiary/aromatic N) is 3. The topological polar surface area (TPSA) is 71.3 Å². The van der Waals surface area contributed by atoms with E-state index in [1.165, 1.54) is 0 Å². The molecular formula is C15H16N4O2S. The van der Waals surface area contributed by atoms with Gasteiger partial charge in [-0.25, -0.2) is 4.98 Å². The fourth-order valence-corrected chi connectivity index (χ4v) is 3.17. The summed E-state index contributed by atoms with van der Waals surface area (Å²) < 4.78 is 6.12. The van der Waals surface area contributed by atoms with Crippen molar-refractivity contribution in [3.8, 4) is 0 Å². The molecule has 0 bridgehead atoms. The highest BCUT2D eigenvalue weighted by atomic mass is 32.1. The van der Waals surface area contributed by atoms with E-state index in [4.69, 9.17) is 4.52 Å². The minimum atomic E-state index is -0.139. The first-order valence-electron chi connectivity index (χ1n) is 6.86. The molecular weight excluding hydrogens is 300 g/mol. The molecule has 1 aromatic carbocycles. The van der Waals surface area contributed by atoms with Gasteiger partial charge in [0.1, 0.15) is 5.01 Å². The number of thiazole rings is 1. The van der Waals surface area contributed by atoms with E-state index >= 15 is 0 Å². The van der Waals surface area contributed by atoms with Crippen LogP contribution in [0, 0.1) is 6.92 Å². The second-order valence-electron chi connectivity index (χ2n) is 5.13. The second-order valence-corrected chi connectivity index (χ2v) is 6.24. The van der Waals surface area contributed by atoms with Gasteiger partial charge < -0.3 is 4.52 Å². The molecule has 0 spiro atoms. The number of carbonyl (C=O) groups excluding carboxylic acids is 1. The first-order chi connectivity index (χ1) is 10.6. The van der Waals surface area contributed by atoms with Crippen LogP contribution in [0.5, 0.6) is 0 Å². The van der Waals surface area contributed by atoms with E-state index in [1.54, 1.807) is 24.3 Å². The number of hydrogen-bond donors (Lipinski definition) is 1. The number of para-hydroxylation sites is 1. The summed E-state index contributed by atoms with van der Waals surface area (Å²) in [4.78, 5) is 18.4. The summed E-state index contributed by atoms with van der Waals surface area (Å²) in [6.45, 7) is 2.69. The van der Waals surface area contributed by atoms with Gasteiger partial charge in [0.15, 0.2) is 0 Å². The highest BCUT2D eigenvalue weighted by Gasteiger charge is 2.12. The molecule has 0 atom stereocenters. The van der Waals surface area contributed by atoms with Crippen LogP contribution in [0.15, 0.2) is 34.9 Å². The van der Waals surface area contributed by atoms with Crippen LogP contribution in [0.2, 0.25) is 0 Å². The molecule has 2 aromatic heterocycles. The molecule has 1 amide bonds. The smallest absolute Gasteiger partial charge is 0.240 e. The Morgan fingerprint density at radius 3 is 2.95 bits per heavy atom. The molecule has 3 aromatic rings. The lowest BCUT2D eigenvalue weighted by atomic mass is 10.3. The van der Waals surface area contributed by atoms with Gasteiger partial charge in [0.2, 0.25) is 11.8 Å². The predicted molar refractivity (Wildman–Crippen MR) is 85.8 cm³/mol. The zero-order chi connectivity index (χ0) is 15.5. The summed E-state index contributed by atoms with van der Waals surface area (Å²) in [7, 11) is 1.89. The number of anilines is 1. The van der Waals surface area contributed by atoms with E-state index in [1.807, 2.05) is 30.1 Å². The maximum Gasteiger partial charge on any atom is 0.240 e. The highest BCUT2D eigenvalue weighted by molar-refractivity contribution is 7.18. The molecule has 0 aliphatic heterocycles. The summed E-state index contributed by atoms with van der Waals surface area (Å²) in [6.07, 6.45) is 0. The summed E-state index contributed by atoms with van der Waals surface area (Å²) >= 11 is 1.65. The number of carbonyl (C=O) groups is 1. The van der Waals surface area contributed by atoms with Gasteiger partial charge in [0.05, 0.1) is 29.0 Å². The van der Waals surface area contributed by atoms with Crippen molar-refractivity contribution in [2.45, 2.75) is 13.5 Å². The number of amides is 1. The number of fused-ring (bicyclic) bond motifs is 1. The molecule has 6 nitrogen and oxygen atoms in total. The Hall–Kier alpha value is -2.25. The number of likely N-dealkylation sites (N-methyl/N-ethyl adjacent to an activating group) is 1. The number of hydrogen-bond acceptors (Lipinski definition) is 6. The van der Waals surface area contributed by atoms with Gasteiger partial charge in [-0.05, 0) is 26.1 Å². The van der Waals surface area contributed by atoms with Gasteiger partial charge in [-0.2, -0.15) is 0 Å². The standard InChI is InChI=1S/C15H16N4O2S/c1-10-7-14(21-18-10)17-13(20)8-19(2)9-15-16-11-5-3-4-6-12(11)22-15/h3-7H,8-9H2,1-2H3,(H,17,20). The Kier molecular flexibility index (Phi) is 4.17. The third-order valence-corrected chi connectivity index (χ3v) is 4.07. The quantitative estimate of drug-likeness (QED) is 0.783. The molecule has 22 heavy (non-hydrogen) atoms. The van der Waals surface area contributed by atoms with Gasteiger partial charge in [0, 0.05) is 6.07 Å². The number of aryl methyl sites for hydroxylation is 1. The lowest BCUT2D eigenvalue weighted by molar-refractivity contribution is -0.117. The average Bonchev–Trinajstić information content (AvgIpc) is 3.03. The minimum Gasteiger partial charge on any atom is -0.338 e. The van der Waals surface area contributed by atoms with Crippen molar-refractivity contribution < 1.29 is 9.32 Å². The number of nitrogens with one attached hydrogen (secondary N) is 1. The van der Waals surface area contributed by atoms with E-state index < -0.39 is 0 Å². The van der Waals surface area contributed by atoms with E-state index in [0.717, 1.165) is 20.9 Å². The Morgan fingerprint density at radius 2 is 2.23 bits per heavy atom. The lowest BCUT2D eigenvalue weighted by Gasteiger charge is -2.13. The van der Waals surface area contributed by atoms with Crippen molar-refractivity contribution >= 4 is 33.3 Å². The van der Waals surface area contributed by atoms with E-state index in [9.17, 15) is 4.79 Å². The van der Waals surface area contributed by atoms with Gasteiger partial charge >= 0.3 is 0 Å². The second kappa shape index (κ2) is 6.25. The average molecular weight is 316 g/mol. The fraction of sp³-hybridized carbons (Fsp3) is 0.267. The zero-order valence-corrected chi connectivity index (χ0v) is 13.2. The molecule has 2 heterocycles. The van der Waals surface area contributed by atoms with Crippen LogP contribution in [-0.4, -0.2) is 34.5 Å². The Labute approximate surface area is 131 Å². The Balaban J connectivity index is 1.57. The number of rotatable bonds is 5. The highest BCUT2D eigenvalue weighted by Crippen LogP contribution is 2.22. The maximum absolute atomic E-state index is 11.9. The van der Waals surface area contributed by atoms with Crippen molar-refractivity contribution in [1.29, 1.82) is 0 Å². The van der Waals surface area contributed by atoms with Gasteiger partial charge in [-0.1, -0.05) is 17.3 Å². The molecule has 0 radical (unpaired) electrons. The molecule has 7 heteroatoms. The maximum atomic E-state index is 11.9. The van der Waals surface area contributed by atoms with Crippen LogP contribution in [0.25, 0.3) is 10.2 Å². The Morgan fingerprint density at radius 1 is 1.41 bits per heavy atom. The third kappa shape index (κ3) is 3.49. The molecule has 0 saturated carbocycles. The molecule has 0 aliphatic carbocycles. The third-order valence-electron chi connectivity index (χ3n) is 3.05.